The van der Waals surface area contributed by atoms with Crippen molar-refractivity contribution in [3.63, 3.8) is 0 Å². The second-order valence-electron chi connectivity index (χ2n) is 3.84. The molecule has 0 aliphatic carbocycles. The van der Waals surface area contributed by atoms with E-state index in [4.69, 9.17) is 22.1 Å². The summed E-state index contributed by atoms with van der Waals surface area (Å²) in [7, 11) is 1.53. The first kappa shape index (κ1) is 16.8. The molecule has 108 valence electrons. The van der Waals surface area contributed by atoms with Crippen molar-refractivity contribution in [1.82, 2.24) is 0 Å². The van der Waals surface area contributed by atoms with Gasteiger partial charge < -0.3 is 10.5 Å². The molecule has 0 amide bonds. The van der Waals surface area contributed by atoms with Crippen LogP contribution < -0.4 is 10.5 Å². The Kier molecular flexibility index (Phi) is 7.44. The molecule has 0 radical (unpaired) electrons. The lowest BCUT2D eigenvalue weighted by atomic mass is 10.0. The van der Waals surface area contributed by atoms with Gasteiger partial charge in [0.1, 0.15) is 11.6 Å². The summed E-state index contributed by atoms with van der Waals surface area (Å²) in [6.45, 7) is 0.585. The third-order valence-corrected chi connectivity index (χ3v) is 2.98. The zero-order valence-electron chi connectivity index (χ0n) is 11.1. The maximum absolute atomic E-state index is 13.7. The number of halogens is 2. The monoisotopic (exact) mass is 313 g/mol. The Morgan fingerprint density at radius 3 is 2.30 bits per heavy atom. The minimum atomic E-state index is -0.286. The molecular formula is C15H17ClFNOS. The molecule has 20 heavy (non-hydrogen) atoms. The number of alkyl halides is 1. The van der Waals surface area contributed by atoms with E-state index in [2.05, 4.69) is 12.6 Å². The van der Waals surface area contributed by atoms with Gasteiger partial charge in [0.2, 0.25) is 0 Å². The minimum absolute atomic E-state index is 0.286. The standard InChI is InChI=1S/C13H11FOS.C2H6ClN/c1-15-12-4-2-3-11(14)13(12)9-5-7-10(16)8-6-9;3-1-2-4/h2-8,16H,1H3;1-2,4H2. The Hall–Kier alpha value is -1.23. The van der Waals surface area contributed by atoms with Gasteiger partial charge in [-0.25, -0.2) is 4.39 Å². The zero-order valence-corrected chi connectivity index (χ0v) is 12.8. The molecule has 2 aromatic rings. The summed E-state index contributed by atoms with van der Waals surface area (Å²) in [6.07, 6.45) is 0. The van der Waals surface area contributed by atoms with Crippen molar-refractivity contribution in [2.45, 2.75) is 4.90 Å². The summed E-state index contributed by atoms with van der Waals surface area (Å²) in [5.74, 6) is 0.818. The Balaban J connectivity index is 0.000000444. The van der Waals surface area contributed by atoms with Crippen LogP contribution >= 0.6 is 24.2 Å². The van der Waals surface area contributed by atoms with Crippen molar-refractivity contribution in [3.05, 3.63) is 48.3 Å². The Bertz CT molecular complexity index is 532. The zero-order chi connectivity index (χ0) is 15.0. The van der Waals surface area contributed by atoms with Gasteiger partial charge in [0.15, 0.2) is 0 Å². The summed E-state index contributed by atoms with van der Waals surface area (Å²) < 4.78 is 18.9. The van der Waals surface area contributed by atoms with Crippen LogP contribution in [0.15, 0.2) is 47.4 Å². The Labute approximate surface area is 129 Å². The second-order valence-corrected chi connectivity index (χ2v) is 4.74. The van der Waals surface area contributed by atoms with Gasteiger partial charge in [-0.15, -0.1) is 24.2 Å². The number of methoxy groups -OCH3 is 1. The number of thiol groups is 1. The summed E-state index contributed by atoms with van der Waals surface area (Å²) in [5, 5.41) is 0. The smallest absolute Gasteiger partial charge is 0.134 e. The van der Waals surface area contributed by atoms with Gasteiger partial charge in [-0.2, -0.15) is 0 Å². The van der Waals surface area contributed by atoms with Crippen LogP contribution in [0.1, 0.15) is 0 Å². The van der Waals surface area contributed by atoms with Gasteiger partial charge in [0, 0.05) is 17.3 Å². The van der Waals surface area contributed by atoms with Crippen LogP contribution in [0.3, 0.4) is 0 Å². The van der Waals surface area contributed by atoms with Crippen molar-refractivity contribution in [1.29, 1.82) is 0 Å². The van der Waals surface area contributed by atoms with Crippen LogP contribution in [0.4, 0.5) is 4.39 Å². The summed E-state index contributed by atoms with van der Waals surface area (Å²) >= 11 is 9.25. The Morgan fingerprint density at radius 1 is 1.20 bits per heavy atom. The topological polar surface area (TPSA) is 35.2 Å². The van der Waals surface area contributed by atoms with Crippen LogP contribution in [-0.4, -0.2) is 19.5 Å². The second kappa shape index (κ2) is 8.84. The number of ether oxygens (including phenoxy) is 1. The predicted octanol–water partition coefficient (Wildman–Crippen LogP) is 3.97. The number of nitrogens with two attached hydrogens (primary N) is 1. The lowest BCUT2D eigenvalue weighted by molar-refractivity contribution is 0.413. The minimum Gasteiger partial charge on any atom is -0.496 e. The largest absolute Gasteiger partial charge is 0.496 e. The summed E-state index contributed by atoms with van der Waals surface area (Å²) in [4.78, 5) is 0.846. The molecule has 2 aromatic carbocycles. The molecule has 2 nitrogen and oxygen atoms in total. The molecule has 0 fully saturated rings. The maximum atomic E-state index is 13.7. The molecule has 0 bridgehead atoms. The fourth-order valence-corrected chi connectivity index (χ4v) is 1.73. The molecule has 0 heterocycles. The highest BCUT2D eigenvalue weighted by Crippen LogP contribution is 2.32. The van der Waals surface area contributed by atoms with E-state index in [-0.39, 0.29) is 5.82 Å². The molecule has 2 N–H and O–H groups in total. The van der Waals surface area contributed by atoms with Crippen molar-refractivity contribution < 1.29 is 9.13 Å². The van der Waals surface area contributed by atoms with Crippen LogP contribution in [0.25, 0.3) is 11.1 Å². The van der Waals surface area contributed by atoms with E-state index >= 15 is 0 Å². The van der Waals surface area contributed by atoms with Gasteiger partial charge in [-0.05, 0) is 29.8 Å². The third-order valence-electron chi connectivity index (χ3n) is 2.46. The van der Waals surface area contributed by atoms with E-state index in [1.165, 1.54) is 13.2 Å². The highest BCUT2D eigenvalue weighted by Gasteiger charge is 2.10. The van der Waals surface area contributed by atoms with Crippen molar-refractivity contribution in [2.75, 3.05) is 19.5 Å². The van der Waals surface area contributed by atoms with Gasteiger partial charge >= 0.3 is 0 Å². The third kappa shape index (κ3) is 4.71. The van der Waals surface area contributed by atoms with Crippen molar-refractivity contribution in [2.24, 2.45) is 5.73 Å². The fourth-order valence-electron chi connectivity index (χ4n) is 1.58. The molecule has 0 aliphatic heterocycles. The van der Waals surface area contributed by atoms with Crippen LogP contribution in [0, 0.1) is 5.82 Å². The van der Waals surface area contributed by atoms with Gasteiger partial charge in [0.05, 0.1) is 12.7 Å². The van der Waals surface area contributed by atoms with E-state index in [9.17, 15) is 4.39 Å². The van der Waals surface area contributed by atoms with Crippen LogP contribution in [0.2, 0.25) is 0 Å². The molecular weight excluding hydrogens is 297 g/mol. The summed E-state index contributed by atoms with van der Waals surface area (Å²) in [6, 6.07) is 12.1. The molecule has 2 rings (SSSR count). The SMILES string of the molecule is COc1cccc(F)c1-c1ccc(S)cc1.NCCCl. The van der Waals surface area contributed by atoms with Crippen molar-refractivity contribution >= 4 is 24.2 Å². The van der Waals surface area contributed by atoms with Gasteiger partial charge in [-0.1, -0.05) is 18.2 Å². The predicted molar refractivity (Wildman–Crippen MR) is 85.4 cm³/mol. The number of hydrogen-bond donors (Lipinski definition) is 2. The van der Waals surface area contributed by atoms with E-state index in [1.54, 1.807) is 12.1 Å². The highest BCUT2D eigenvalue weighted by atomic mass is 35.5. The first-order valence-electron chi connectivity index (χ1n) is 6.02. The molecule has 5 heteroatoms. The molecule has 0 aliphatic rings. The fraction of sp³-hybridized carbons (Fsp3) is 0.200. The van der Waals surface area contributed by atoms with Gasteiger partial charge in [-0.3, -0.25) is 0 Å². The average Bonchev–Trinajstić information content (AvgIpc) is 2.48. The molecule has 0 saturated heterocycles. The van der Waals surface area contributed by atoms with E-state index < -0.39 is 0 Å². The molecule has 0 spiro atoms. The Morgan fingerprint density at radius 2 is 1.80 bits per heavy atom. The normalized spacial score (nSPS) is 9.65. The van der Waals surface area contributed by atoms with E-state index in [0.717, 1.165) is 10.5 Å². The number of hydrogen-bond acceptors (Lipinski definition) is 3. The van der Waals surface area contributed by atoms with E-state index in [1.807, 2.05) is 24.3 Å². The average molecular weight is 314 g/mol. The summed E-state index contributed by atoms with van der Waals surface area (Å²) in [5.41, 5.74) is 6.17. The van der Waals surface area contributed by atoms with Gasteiger partial charge in [0.25, 0.3) is 0 Å². The van der Waals surface area contributed by atoms with Crippen LogP contribution in [-0.2, 0) is 0 Å². The van der Waals surface area contributed by atoms with E-state index in [0.29, 0.717) is 23.7 Å². The lowest BCUT2D eigenvalue weighted by Crippen LogP contribution is -1.97. The lowest BCUT2D eigenvalue weighted by Gasteiger charge is -2.09. The van der Waals surface area contributed by atoms with Crippen LogP contribution in [0.5, 0.6) is 5.75 Å². The van der Waals surface area contributed by atoms with Crippen molar-refractivity contribution in [3.8, 4) is 16.9 Å². The maximum Gasteiger partial charge on any atom is 0.134 e. The first-order valence-corrected chi connectivity index (χ1v) is 7.00. The number of rotatable bonds is 3. The first-order chi connectivity index (χ1) is 9.63. The quantitative estimate of drug-likeness (QED) is 0.664. The molecule has 0 saturated carbocycles. The molecule has 0 unspecified atom stereocenters. The molecule has 0 atom stereocenters. The molecule has 0 aromatic heterocycles. The highest BCUT2D eigenvalue weighted by molar-refractivity contribution is 7.80. The number of benzene rings is 2.